The van der Waals surface area contributed by atoms with Crippen LogP contribution in [0.15, 0.2) is 35.5 Å². The lowest BCUT2D eigenvalue weighted by atomic mass is 9.85. The standard InChI is InChI=1S/C22H26N4O3/c1-6-11-23-17(27)13-26-12-16-18(20(26)28)19(24-21(29)25(16)5)14-7-9-15(10-8-14)22(2,3)4/h1,7-10,19H,11-13H2,2-5H3,(H,23,27)(H,24,29). The van der Waals surface area contributed by atoms with E-state index < -0.39 is 6.04 Å². The number of nitrogens with zero attached hydrogens (tertiary/aromatic N) is 2. The van der Waals surface area contributed by atoms with Gasteiger partial charge in [-0.1, -0.05) is 51.0 Å². The van der Waals surface area contributed by atoms with E-state index in [2.05, 4.69) is 37.3 Å². The normalized spacial score (nSPS) is 19.1. The molecular weight excluding hydrogens is 368 g/mol. The van der Waals surface area contributed by atoms with Crippen LogP contribution in [0.5, 0.6) is 0 Å². The first kappa shape index (κ1) is 20.5. The number of likely N-dealkylation sites (N-methyl/N-ethyl adjacent to an activating group) is 1. The predicted molar refractivity (Wildman–Crippen MR) is 110 cm³/mol. The number of carbonyl (C=O) groups excluding carboxylic acids is 3. The topological polar surface area (TPSA) is 81.8 Å². The third kappa shape index (κ3) is 3.97. The molecule has 2 N–H and O–H groups in total. The van der Waals surface area contributed by atoms with Crippen molar-refractivity contribution in [2.45, 2.75) is 32.2 Å². The summed E-state index contributed by atoms with van der Waals surface area (Å²) >= 11 is 0. The lowest BCUT2D eigenvalue weighted by Crippen LogP contribution is -2.45. The van der Waals surface area contributed by atoms with Crippen molar-refractivity contribution in [2.24, 2.45) is 0 Å². The molecule has 2 aliphatic heterocycles. The van der Waals surface area contributed by atoms with Gasteiger partial charge in [0.15, 0.2) is 0 Å². The van der Waals surface area contributed by atoms with Crippen LogP contribution in [0.4, 0.5) is 4.79 Å². The van der Waals surface area contributed by atoms with Crippen LogP contribution in [-0.4, -0.2) is 54.3 Å². The Bertz CT molecular complexity index is 919. The molecule has 1 atom stereocenters. The highest BCUT2D eigenvalue weighted by atomic mass is 16.2. The van der Waals surface area contributed by atoms with Crippen LogP contribution in [0.25, 0.3) is 0 Å². The maximum absolute atomic E-state index is 13.1. The highest BCUT2D eigenvalue weighted by Gasteiger charge is 2.43. The second-order valence-corrected chi connectivity index (χ2v) is 8.32. The van der Waals surface area contributed by atoms with Gasteiger partial charge in [0.1, 0.15) is 6.54 Å². The van der Waals surface area contributed by atoms with Crippen LogP contribution in [0.2, 0.25) is 0 Å². The number of carbonyl (C=O) groups is 3. The molecule has 1 unspecified atom stereocenters. The van der Waals surface area contributed by atoms with Gasteiger partial charge in [-0.05, 0) is 16.5 Å². The highest BCUT2D eigenvalue weighted by Crippen LogP contribution is 2.36. The molecule has 2 heterocycles. The van der Waals surface area contributed by atoms with Gasteiger partial charge in [-0.15, -0.1) is 6.42 Å². The van der Waals surface area contributed by atoms with Crippen molar-refractivity contribution in [1.29, 1.82) is 0 Å². The predicted octanol–water partition coefficient (Wildman–Crippen LogP) is 1.53. The maximum Gasteiger partial charge on any atom is 0.322 e. The van der Waals surface area contributed by atoms with E-state index in [9.17, 15) is 14.4 Å². The third-order valence-corrected chi connectivity index (χ3v) is 5.27. The molecule has 4 amide bonds. The lowest BCUT2D eigenvalue weighted by Gasteiger charge is -2.31. The number of hydrogen-bond donors (Lipinski definition) is 2. The molecule has 0 spiro atoms. The van der Waals surface area contributed by atoms with Crippen LogP contribution >= 0.6 is 0 Å². The Balaban J connectivity index is 1.88. The van der Waals surface area contributed by atoms with Gasteiger partial charge in [0, 0.05) is 7.05 Å². The van der Waals surface area contributed by atoms with E-state index in [0.717, 1.165) is 5.56 Å². The first-order valence-corrected chi connectivity index (χ1v) is 9.50. The van der Waals surface area contributed by atoms with E-state index in [4.69, 9.17) is 6.42 Å². The van der Waals surface area contributed by atoms with Gasteiger partial charge in [-0.25, -0.2) is 4.79 Å². The Hall–Kier alpha value is -3.27. The van der Waals surface area contributed by atoms with Crippen LogP contribution in [0, 0.1) is 12.3 Å². The summed E-state index contributed by atoms with van der Waals surface area (Å²) in [6.07, 6.45) is 5.16. The summed E-state index contributed by atoms with van der Waals surface area (Å²) < 4.78 is 0. The summed E-state index contributed by atoms with van der Waals surface area (Å²) in [7, 11) is 1.62. The van der Waals surface area contributed by atoms with Crippen molar-refractivity contribution in [3.8, 4) is 12.3 Å². The molecular formula is C22H26N4O3. The second-order valence-electron chi connectivity index (χ2n) is 8.32. The van der Waals surface area contributed by atoms with E-state index in [1.807, 2.05) is 24.3 Å². The van der Waals surface area contributed by atoms with Crippen LogP contribution in [-0.2, 0) is 15.0 Å². The van der Waals surface area contributed by atoms with E-state index in [1.165, 1.54) is 15.4 Å². The number of rotatable bonds is 4. The minimum Gasteiger partial charge on any atom is -0.344 e. The summed E-state index contributed by atoms with van der Waals surface area (Å²) in [6.45, 7) is 6.59. The zero-order valence-corrected chi connectivity index (χ0v) is 17.2. The van der Waals surface area contributed by atoms with Crippen molar-refractivity contribution in [1.82, 2.24) is 20.4 Å². The molecule has 0 radical (unpaired) electrons. The SMILES string of the molecule is C#CCNC(=O)CN1CC2=C(C1=O)C(c1ccc(C(C)(C)C)cc1)NC(=O)N2C. The monoisotopic (exact) mass is 394 g/mol. The first-order chi connectivity index (χ1) is 13.6. The second kappa shape index (κ2) is 7.63. The molecule has 1 aromatic rings. The van der Waals surface area contributed by atoms with Gasteiger partial charge in [-0.3, -0.25) is 14.5 Å². The fourth-order valence-electron chi connectivity index (χ4n) is 3.56. The average molecular weight is 394 g/mol. The molecule has 0 saturated carbocycles. The fraction of sp³-hybridized carbons (Fsp3) is 0.409. The van der Waals surface area contributed by atoms with Gasteiger partial charge in [-0.2, -0.15) is 0 Å². The Morgan fingerprint density at radius 1 is 1.28 bits per heavy atom. The van der Waals surface area contributed by atoms with Crippen molar-refractivity contribution in [3.05, 3.63) is 46.7 Å². The van der Waals surface area contributed by atoms with Crippen LogP contribution in [0.3, 0.4) is 0 Å². The minimum absolute atomic E-state index is 0.00468. The molecule has 152 valence electrons. The lowest BCUT2D eigenvalue weighted by molar-refractivity contribution is -0.131. The Morgan fingerprint density at radius 3 is 2.52 bits per heavy atom. The number of hydrogen-bond acceptors (Lipinski definition) is 3. The Labute approximate surface area is 171 Å². The number of terminal acetylenes is 1. The maximum atomic E-state index is 13.1. The third-order valence-electron chi connectivity index (χ3n) is 5.27. The van der Waals surface area contributed by atoms with E-state index in [0.29, 0.717) is 11.3 Å². The zero-order chi connectivity index (χ0) is 21.3. The minimum atomic E-state index is -0.547. The number of nitrogens with one attached hydrogen (secondary N) is 2. The van der Waals surface area contributed by atoms with Gasteiger partial charge >= 0.3 is 6.03 Å². The molecule has 0 saturated heterocycles. The Kier molecular flexibility index (Phi) is 5.38. The number of amides is 4. The van der Waals surface area contributed by atoms with Crippen LogP contribution in [0.1, 0.15) is 37.9 Å². The molecule has 29 heavy (non-hydrogen) atoms. The van der Waals surface area contributed by atoms with Gasteiger partial charge in [0.25, 0.3) is 5.91 Å². The van der Waals surface area contributed by atoms with E-state index in [1.54, 1.807) is 7.05 Å². The molecule has 7 heteroatoms. The van der Waals surface area contributed by atoms with Gasteiger partial charge in [0.05, 0.1) is 30.4 Å². The quantitative estimate of drug-likeness (QED) is 0.760. The molecule has 0 aliphatic carbocycles. The summed E-state index contributed by atoms with van der Waals surface area (Å²) in [4.78, 5) is 40.4. The number of benzene rings is 1. The largest absolute Gasteiger partial charge is 0.344 e. The molecule has 7 nitrogen and oxygen atoms in total. The summed E-state index contributed by atoms with van der Waals surface area (Å²) in [5.41, 5.74) is 3.12. The summed E-state index contributed by atoms with van der Waals surface area (Å²) in [6, 6.07) is 7.09. The average Bonchev–Trinajstić information content (AvgIpc) is 2.99. The molecule has 2 aliphatic rings. The molecule has 0 aromatic heterocycles. The zero-order valence-electron chi connectivity index (χ0n) is 17.2. The van der Waals surface area contributed by atoms with E-state index >= 15 is 0 Å². The highest BCUT2D eigenvalue weighted by molar-refractivity contribution is 6.02. The van der Waals surface area contributed by atoms with Gasteiger partial charge < -0.3 is 15.5 Å². The molecule has 0 bridgehead atoms. The molecule has 1 aromatic carbocycles. The molecule has 3 rings (SSSR count). The first-order valence-electron chi connectivity index (χ1n) is 9.50. The number of urea groups is 1. The van der Waals surface area contributed by atoms with Crippen LogP contribution < -0.4 is 10.6 Å². The Morgan fingerprint density at radius 2 is 1.93 bits per heavy atom. The van der Waals surface area contributed by atoms with Crippen molar-refractivity contribution >= 4 is 17.8 Å². The van der Waals surface area contributed by atoms with Crippen molar-refractivity contribution < 1.29 is 14.4 Å². The van der Waals surface area contributed by atoms with Crippen molar-refractivity contribution in [2.75, 3.05) is 26.7 Å². The fourth-order valence-corrected chi connectivity index (χ4v) is 3.56. The van der Waals surface area contributed by atoms with Crippen molar-refractivity contribution in [3.63, 3.8) is 0 Å². The smallest absolute Gasteiger partial charge is 0.322 e. The van der Waals surface area contributed by atoms with E-state index in [-0.39, 0.29) is 42.9 Å². The van der Waals surface area contributed by atoms with Gasteiger partial charge in [0.2, 0.25) is 5.91 Å². The summed E-state index contributed by atoms with van der Waals surface area (Å²) in [5.74, 6) is 1.75. The molecule has 0 fully saturated rings. The summed E-state index contributed by atoms with van der Waals surface area (Å²) in [5, 5.41) is 5.47.